The number of pyridine rings is 1. The Morgan fingerprint density at radius 2 is 2.45 bits per heavy atom. The molecule has 0 unspecified atom stereocenters. The summed E-state index contributed by atoms with van der Waals surface area (Å²) in [5.41, 5.74) is 5.60. The van der Waals surface area contributed by atoms with E-state index in [1.54, 1.807) is 19.2 Å². The van der Waals surface area contributed by atoms with Gasteiger partial charge in [-0.1, -0.05) is 0 Å². The second kappa shape index (κ2) is 3.01. The van der Waals surface area contributed by atoms with Crippen LogP contribution in [0.1, 0.15) is 5.56 Å². The van der Waals surface area contributed by atoms with E-state index in [1.807, 2.05) is 0 Å². The molecular formula is C7H8N2O2. The molecular weight excluding hydrogens is 144 g/mol. The van der Waals surface area contributed by atoms with Gasteiger partial charge in [0.15, 0.2) is 0 Å². The topological polar surface area (TPSA) is 65.2 Å². The van der Waals surface area contributed by atoms with E-state index < -0.39 is 6.09 Å². The Bertz CT molecular complexity index is 273. The van der Waals surface area contributed by atoms with E-state index >= 15 is 0 Å². The van der Waals surface area contributed by atoms with Gasteiger partial charge in [-0.15, -0.1) is 0 Å². The first-order chi connectivity index (χ1) is 5.20. The molecule has 0 aliphatic heterocycles. The summed E-state index contributed by atoms with van der Waals surface area (Å²) in [4.78, 5) is 14.1. The van der Waals surface area contributed by atoms with Crippen molar-refractivity contribution in [2.45, 2.75) is 6.92 Å². The first kappa shape index (κ1) is 7.53. The number of rotatable bonds is 1. The summed E-state index contributed by atoms with van der Waals surface area (Å²) in [6.45, 7) is 1.78. The van der Waals surface area contributed by atoms with Crippen molar-refractivity contribution in [1.82, 2.24) is 4.98 Å². The van der Waals surface area contributed by atoms with Crippen LogP contribution in [0.3, 0.4) is 0 Å². The predicted molar refractivity (Wildman–Crippen MR) is 39.2 cm³/mol. The maximum absolute atomic E-state index is 10.3. The fourth-order valence-corrected chi connectivity index (χ4v) is 0.684. The lowest BCUT2D eigenvalue weighted by Gasteiger charge is -2.01. The minimum Gasteiger partial charge on any atom is -0.410 e. The molecule has 1 amide bonds. The van der Waals surface area contributed by atoms with E-state index in [9.17, 15) is 4.79 Å². The molecule has 2 N–H and O–H groups in total. The zero-order valence-electron chi connectivity index (χ0n) is 6.07. The summed E-state index contributed by atoms with van der Waals surface area (Å²) in [6.07, 6.45) is 2.32. The zero-order valence-corrected chi connectivity index (χ0v) is 6.07. The molecule has 0 spiro atoms. The van der Waals surface area contributed by atoms with E-state index in [0.717, 1.165) is 5.56 Å². The van der Waals surface area contributed by atoms with Gasteiger partial charge in [-0.2, -0.15) is 0 Å². The molecule has 58 valence electrons. The highest BCUT2D eigenvalue weighted by molar-refractivity contribution is 5.68. The number of amides is 1. The zero-order chi connectivity index (χ0) is 8.27. The summed E-state index contributed by atoms with van der Waals surface area (Å²) in [5, 5.41) is 0. The van der Waals surface area contributed by atoms with Gasteiger partial charge in [0.05, 0.1) is 0 Å². The van der Waals surface area contributed by atoms with Gasteiger partial charge in [-0.3, -0.25) is 4.98 Å². The Hall–Kier alpha value is -1.58. The smallest absolute Gasteiger partial charge is 0.409 e. The molecule has 1 rings (SSSR count). The van der Waals surface area contributed by atoms with Crippen molar-refractivity contribution in [1.29, 1.82) is 0 Å². The minimum absolute atomic E-state index is 0.451. The molecule has 0 saturated heterocycles. The molecule has 11 heavy (non-hydrogen) atoms. The number of primary amides is 1. The van der Waals surface area contributed by atoms with E-state index in [2.05, 4.69) is 9.72 Å². The molecule has 4 nitrogen and oxygen atoms in total. The minimum atomic E-state index is -0.806. The van der Waals surface area contributed by atoms with Crippen LogP contribution < -0.4 is 10.5 Å². The van der Waals surface area contributed by atoms with Crippen molar-refractivity contribution < 1.29 is 9.53 Å². The van der Waals surface area contributed by atoms with Crippen molar-refractivity contribution in [3.63, 3.8) is 0 Å². The molecule has 0 saturated carbocycles. The molecule has 0 radical (unpaired) electrons. The Morgan fingerprint density at radius 1 is 1.73 bits per heavy atom. The molecule has 0 bridgehead atoms. The van der Waals surface area contributed by atoms with Gasteiger partial charge in [0.25, 0.3) is 0 Å². The van der Waals surface area contributed by atoms with Gasteiger partial charge in [-0.05, 0) is 13.0 Å². The van der Waals surface area contributed by atoms with E-state index in [-0.39, 0.29) is 0 Å². The average Bonchev–Trinajstić information content (AvgIpc) is 1.93. The number of aromatic nitrogens is 1. The van der Waals surface area contributed by atoms with Crippen molar-refractivity contribution in [2.75, 3.05) is 0 Å². The van der Waals surface area contributed by atoms with Crippen molar-refractivity contribution in [2.24, 2.45) is 5.73 Å². The highest BCUT2D eigenvalue weighted by Crippen LogP contribution is 2.13. The maximum Gasteiger partial charge on any atom is 0.409 e. The third-order valence-electron chi connectivity index (χ3n) is 1.18. The molecule has 0 atom stereocenters. The molecule has 0 aliphatic rings. The van der Waals surface area contributed by atoms with Crippen LogP contribution in [0.15, 0.2) is 18.5 Å². The first-order valence-electron chi connectivity index (χ1n) is 3.08. The summed E-state index contributed by atoms with van der Waals surface area (Å²) in [7, 11) is 0. The van der Waals surface area contributed by atoms with Gasteiger partial charge in [0.2, 0.25) is 0 Å². The highest BCUT2D eigenvalue weighted by atomic mass is 16.5. The van der Waals surface area contributed by atoms with Gasteiger partial charge >= 0.3 is 6.09 Å². The number of nitrogens with two attached hydrogens (primary N) is 1. The molecule has 0 aromatic carbocycles. The lowest BCUT2D eigenvalue weighted by Crippen LogP contribution is -2.16. The van der Waals surface area contributed by atoms with Gasteiger partial charge in [-0.25, -0.2) is 4.79 Å². The number of ether oxygens (including phenoxy) is 1. The molecule has 0 aliphatic carbocycles. The number of aryl methyl sites for hydroxylation is 1. The van der Waals surface area contributed by atoms with Crippen LogP contribution in [-0.4, -0.2) is 11.1 Å². The van der Waals surface area contributed by atoms with Gasteiger partial charge in [0, 0.05) is 18.0 Å². The van der Waals surface area contributed by atoms with Crippen molar-refractivity contribution >= 4 is 6.09 Å². The lowest BCUT2D eigenvalue weighted by molar-refractivity contribution is 0.210. The van der Waals surface area contributed by atoms with Crippen molar-refractivity contribution in [3.8, 4) is 5.75 Å². The quantitative estimate of drug-likeness (QED) is 0.648. The number of hydrogen-bond acceptors (Lipinski definition) is 3. The van der Waals surface area contributed by atoms with Crippen molar-refractivity contribution in [3.05, 3.63) is 24.0 Å². The molecule has 1 heterocycles. The fourth-order valence-electron chi connectivity index (χ4n) is 0.684. The van der Waals surface area contributed by atoms with E-state index in [4.69, 9.17) is 5.73 Å². The summed E-state index contributed by atoms with van der Waals surface area (Å²) in [6, 6.07) is 1.58. The van der Waals surface area contributed by atoms with Crippen LogP contribution in [0, 0.1) is 6.92 Å². The third-order valence-corrected chi connectivity index (χ3v) is 1.18. The second-order valence-corrected chi connectivity index (χ2v) is 2.06. The first-order valence-corrected chi connectivity index (χ1v) is 3.08. The molecule has 0 fully saturated rings. The van der Waals surface area contributed by atoms with Crippen LogP contribution in [0.25, 0.3) is 0 Å². The largest absolute Gasteiger partial charge is 0.410 e. The third kappa shape index (κ3) is 1.93. The number of carbonyl (C=O) groups is 1. The van der Waals surface area contributed by atoms with Crippen LogP contribution in [0.5, 0.6) is 5.75 Å². The number of nitrogens with zero attached hydrogens (tertiary/aromatic N) is 1. The van der Waals surface area contributed by atoms with Gasteiger partial charge < -0.3 is 10.5 Å². The van der Waals surface area contributed by atoms with E-state index in [1.165, 1.54) is 6.20 Å². The summed E-state index contributed by atoms with van der Waals surface area (Å²) in [5.74, 6) is 0.451. The van der Waals surface area contributed by atoms with Crippen LogP contribution in [0.4, 0.5) is 4.79 Å². The van der Waals surface area contributed by atoms with Crippen LogP contribution >= 0.6 is 0 Å². The van der Waals surface area contributed by atoms with Crippen LogP contribution in [0.2, 0.25) is 0 Å². The Morgan fingerprint density at radius 3 is 3.00 bits per heavy atom. The lowest BCUT2D eigenvalue weighted by atomic mass is 10.3. The highest BCUT2D eigenvalue weighted by Gasteiger charge is 2.00. The number of hydrogen-bond donors (Lipinski definition) is 1. The Labute approximate surface area is 64.0 Å². The molecule has 1 aromatic rings. The summed E-state index contributed by atoms with van der Waals surface area (Å²) < 4.78 is 4.64. The van der Waals surface area contributed by atoms with Gasteiger partial charge in [0.1, 0.15) is 5.75 Å². The molecule has 4 heteroatoms. The summed E-state index contributed by atoms with van der Waals surface area (Å²) >= 11 is 0. The number of carbonyl (C=O) groups excluding carboxylic acids is 1. The maximum atomic E-state index is 10.3. The van der Waals surface area contributed by atoms with Crippen LogP contribution in [-0.2, 0) is 0 Å². The Kier molecular flexibility index (Phi) is 2.06. The average molecular weight is 152 g/mol. The fraction of sp³-hybridized carbons (Fsp3) is 0.143. The van der Waals surface area contributed by atoms with E-state index in [0.29, 0.717) is 5.75 Å². The predicted octanol–water partition coefficient (Wildman–Crippen LogP) is 0.848. The second-order valence-electron chi connectivity index (χ2n) is 2.06. The Balaban J connectivity index is 2.86. The standard InChI is InChI=1S/C7H8N2O2/c1-5-4-9-3-2-6(5)11-7(8)10/h2-4H,1H3,(H2,8,10). The monoisotopic (exact) mass is 152 g/mol. The SMILES string of the molecule is Cc1cnccc1OC(N)=O. The molecule has 1 aromatic heterocycles. The normalized spacial score (nSPS) is 9.18.